The Morgan fingerprint density at radius 2 is 0.522 bits per heavy atom. The first-order chi connectivity index (χ1) is 44.6. The van der Waals surface area contributed by atoms with Crippen LogP contribution in [0.5, 0.6) is 0 Å². The molecule has 3 N–H and O–H groups in total. The molecule has 0 saturated carbocycles. The molecule has 0 aliphatic rings. The SMILES string of the molecule is CCCCCCCCCCCCCCCCCC(=O)OC[C@H](COP(=O)(O)OC[C@@H](O)COP(=O)(O)OC[C@@H](COC(=O)CCCCCCCCCC)OC(=O)CCCCCCCCCCCCC)OC(=O)CCCCCCCCCCCCCCCCC(C)CC. The van der Waals surface area contributed by atoms with Gasteiger partial charge in [0.25, 0.3) is 0 Å². The Kier molecular flexibility index (Phi) is 64.9. The fourth-order valence-corrected chi connectivity index (χ4v) is 12.7. The molecule has 546 valence electrons. The zero-order chi connectivity index (χ0) is 67.7. The minimum absolute atomic E-state index is 0.107. The molecule has 0 radical (unpaired) electrons. The summed E-state index contributed by atoms with van der Waals surface area (Å²) in [5, 5.41) is 10.6. The summed E-state index contributed by atoms with van der Waals surface area (Å²) in [6.45, 7) is 7.30. The Labute approximate surface area is 562 Å². The van der Waals surface area contributed by atoms with E-state index in [1.54, 1.807) is 0 Å². The molecule has 0 saturated heterocycles. The summed E-state index contributed by atoms with van der Waals surface area (Å²) in [4.78, 5) is 72.6. The third-order valence-electron chi connectivity index (χ3n) is 17.4. The Balaban J connectivity index is 5.21. The second-order valence-electron chi connectivity index (χ2n) is 26.6. The number of ether oxygens (including phenoxy) is 4. The minimum Gasteiger partial charge on any atom is -0.462 e. The van der Waals surface area contributed by atoms with Crippen molar-refractivity contribution in [2.45, 2.75) is 400 Å². The van der Waals surface area contributed by atoms with E-state index in [-0.39, 0.29) is 25.7 Å². The lowest BCUT2D eigenvalue weighted by Gasteiger charge is -2.21. The molecule has 0 aromatic rings. The van der Waals surface area contributed by atoms with E-state index in [0.717, 1.165) is 102 Å². The highest BCUT2D eigenvalue weighted by atomic mass is 31.2. The molecule has 0 amide bonds. The molecule has 0 rings (SSSR count). The van der Waals surface area contributed by atoms with E-state index in [2.05, 4.69) is 34.6 Å². The number of phosphoric ester groups is 2. The van der Waals surface area contributed by atoms with Crippen LogP contribution in [0.15, 0.2) is 0 Å². The van der Waals surface area contributed by atoms with Crippen molar-refractivity contribution in [1.29, 1.82) is 0 Å². The number of rotatable bonds is 73. The van der Waals surface area contributed by atoms with E-state index < -0.39 is 97.5 Å². The average molecular weight is 1350 g/mol. The Bertz CT molecular complexity index is 1770. The Morgan fingerprint density at radius 1 is 0.304 bits per heavy atom. The molecule has 0 aromatic heterocycles. The van der Waals surface area contributed by atoms with Gasteiger partial charge in [0.15, 0.2) is 12.2 Å². The molecule has 0 aliphatic carbocycles. The molecular weight excluding hydrogens is 1210 g/mol. The monoisotopic (exact) mass is 1350 g/mol. The predicted molar refractivity (Wildman–Crippen MR) is 372 cm³/mol. The van der Waals surface area contributed by atoms with Crippen LogP contribution in [0.1, 0.15) is 381 Å². The normalized spacial score (nSPS) is 14.3. The maximum absolute atomic E-state index is 13.1. The van der Waals surface area contributed by atoms with Crippen molar-refractivity contribution < 1.29 is 80.2 Å². The molecule has 0 aromatic carbocycles. The van der Waals surface area contributed by atoms with Crippen molar-refractivity contribution in [2.75, 3.05) is 39.6 Å². The lowest BCUT2D eigenvalue weighted by Crippen LogP contribution is -2.30. The number of hydrogen-bond donors (Lipinski definition) is 3. The van der Waals surface area contributed by atoms with Crippen LogP contribution in [0.2, 0.25) is 0 Å². The highest BCUT2D eigenvalue weighted by molar-refractivity contribution is 7.47. The summed E-state index contributed by atoms with van der Waals surface area (Å²) < 4.78 is 68.3. The van der Waals surface area contributed by atoms with Gasteiger partial charge in [-0.15, -0.1) is 0 Å². The van der Waals surface area contributed by atoms with Gasteiger partial charge < -0.3 is 33.8 Å². The number of unbranched alkanes of at least 4 members (excludes halogenated alkanes) is 44. The molecule has 0 heterocycles. The third kappa shape index (κ3) is 65.4. The van der Waals surface area contributed by atoms with Crippen molar-refractivity contribution in [2.24, 2.45) is 5.92 Å². The topological polar surface area (TPSA) is 237 Å². The quantitative estimate of drug-likeness (QED) is 0.0222. The molecule has 3 unspecified atom stereocenters. The van der Waals surface area contributed by atoms with Gasteiger partial charge in [-0.05, 0) is 31.6 Å². The molecule has 0 spiro atoms. The van der Waals surface area contributed by atoms with Crippen molar-refractivity contribution >= 4 is 39.5 Å². The molecule has 0 fully saturated rings. The number of hydrogen-bond acceptors (Lipinski definition) is 15. The fraction of sp³-hybridized carbons (Fsp3) is 0.945. The number of esters is 4. The van der Waals surface area contributed by atoms with Gasteiger partial charge in [-0.25, -0.2) is 9.13 Å². The summed E-state index contributed by atoms with van der Waals surface area (Å²) in [5.74, 6) is -1.27. The van der Waals surface area contributed by atoms with Gasteiger partial charge >= 0.3 is 39.5 Å². The molecule has 0 bridgehead atoms. The zero-order valence-electron chi connectivity index (χ0n) is 59.7. The van der Waals surface area contributed by atoms with Gasteiger partial charge in [0.05, 0.1) is 26.4 Å². The van der Waals surface area contributed by atoms with Crippen LogP contribution in [0.25, 0.3) is 0 Å². The smallest absolute Gasteiger partial charge is 0.462 e. The Morgan fingerprint density at radius 3 is 0.772 bits per heavy atom. The fourth-order valence-electron chi connectivity index (χ4n) is 11.1. The van der Waals surface area contributed by atoms with Crippen LogP contribution in [0, 0.1) is 5.92 Å². The molecular formula is C73H142O17P2. The summed E-state index contributed by atoms with van der Waals surface area (Å²) in [7, 11) is -9.90. The van der Waals surface area contributed by atoms with E-state index in [1.807, 2.05) is 0 Å². The standard InChI is InChI=1S/C73H142O17P2/c1-6-10-13-16-19-22-24-25-26-30-34-37-42-47-52-57-71(76)84-63-69(90-73(78)59-54-49-44-39-35-31-28-27-29-33-36-40-45-50-55-66(5)9-4)65-88-92(81,82)86-61-67(74)60-85-91(79,80)87-64-68(62-83-70(75)56-51-46-41-21-18-15-12-8-3)89-72(77)58-53-48-43-38-32-23-20-17-14-11-7-2/h66-69,74H,6-65H2,1-5H3,(H,79,80)(H,81,82)/t66?,67-,68+,69+/m0/s1. The highest BCUT2D eigenvalue weighted by Crippen LogP contribution is 2.45. The van der Waals surface area contributed by atoms with Crippen LogP contribution < -0.4 is 0 Å². The zero-order valence-corrected chi connectivity index (χ0v) is 61.5. The number of aliphatic hydroxyl groups excluding tert-OH is 1. The number of phosphoric acid groups is 2. The largest absolute Gasteiger partial charge is 0.472 e. The van der Waals surface area contributed by atoms with Gasteiger partial charge in [-0.2, -0.15) is 0 Å². The van der Waals surface area contributed by atoms with Crippen LogP contribution in [0.3, 0.4) is 0 Å². The van der Waals surface area contributed by atoms with Crippen LogP contribution in [-0.4, -0.2) is 96.7 Å². The second-order valence-corrected chi connectivity index (χ2v) is 29.5. The molecule has 0 aliphatic heterocycles. The van der Waals surface area contributed by atoms with E-state index in [1.165, 1.54) is 199 Å². The average Bonchev–Trinajstić information content (AvgIpc) is 1.56. The van der Waals surface area contributed by atoms with Gasteiger partial charge in [-0.3, -0.25) is 37.3 Å². The number of carbonyl (C=O) groups is 4. The molecule has 92 heavy (non-hydrogen) atoms. The van der Waals surface area contributed by atoms with E-state index in [4.69, 9.17) is 37.0 Å². The van der Waals surface area contributed by atoms with E-state index in [9.17, 15) is 43.2 Å². The Hall–Kier alpha value is -1.94. The third-order valence-corrected chi connectivity index (χ3v) is 19.3. The molecule has 19 heteroatoms. The first kappa shape index (κ1) is 90.1. The van der Waals surface area contributed by atoms with Crippen molar-refractivity contribution in [3.63, 3.8) is 0 Å². The highest BCUT2D eigenvalue weighted by Gasteiger charge is 2.30. The maximum atomic E-state index is 13.1. The van der Waals surface area contributed by atoms with Gasteiger partial charge in [0.1, 0.15) is 19.3 Å². The second kappa shape index (κ2) is 66.3. The summed E-state index contributed by atoms with van der Waals surface area (Å²) in [6, 6.07) is 0. The number of aliphatic hydroxyl groups is 1. The first-order valence-corrected chi connectivity index (χ1v) is 41.2. The van der Waals surface area contributed by atoms with Crippen molar-refractivity contribution in [3.8, 4) is 0 Å². The van der Waals surface area contributed by atoms with Gasteiger partial charge in [0.2, 0.25) is 0 Å². The van der Waals surface area contributed by atoms with Crippen LogP contribution in [0.4, 0.5) is 0 Å². The lowest BCUT2D eigenvalue weighted by molar-refractivity contribution is -0.161. The van der Waals surface area contributed by atoms with Crippen molar-refractivity contribution in [3.05, 3.63) is 0 Å². The number of carbonyl (C=O) groups excluding carboxylic acids is 4. The summed E-state index contributed by atoms with van der Waals surface area (Å²) >= 11 is 0. The predicted octanol–water partition coefficient (Wildman–Crippen LogP) is 21.3. The summed E-state index contributed by atoms with van der Waals surface area (Å²) in [5.41, 5.74) is 0. The van der Waals surface area contributed by atoms with E-state index in [0.29, 0.717) is 25.7 Å². The molecule has 6 atom stereocenters. The van der Waals surface area contributed by atoms with Crippen LogP contribution >= 0.6 is 15.6 Å². The molecule has 17 nitrogen and oxygen atoms in total. The van der Waals surface area contributed by atoms with Crippen molar-refractivity contribution in [1.82, 2.24) is 0 Å². The van der Waals surface area contributed by atoms with Gasteiger partial charge in [-0.1, -0.05) is 330 Å². The van der Waals surface area contributed by atoms with Gasteiger partial charge in [0, 0.05) is 25.7 Å². The van der Waals surface area contributed by atoms with Crippen LogP contribution in [-0.2, 0) is 65.4 Å². The van der Waals surface area contributed by atoms with E-state index >= 15 is 0 Å². The first-order valence-electron chi connectivity index (χ1n) is 38.2. The lowest BCUT2D eigenvalue weighted by atomic mass is 9.99. The summed E-state index contributed by atoms with van der Waals surface area (Å²) in [6.07, 6.45) is 54.0. The minimum atomic E-state index is -4.95. The maximum Gasteiger partial charge on any atom is 0.472 e.